The maximum Gasteiger partial charge on any atom is 0.0927 e. The average Bonchev–Trinajstić information content (AvgIpc) is 2.18. The van der Waals surface area contributed by atoms with Gasteiger partial charge in [-0.2, -0.15) is 0 Å². The molecule has 0 saturated carbocycles. The van der Waals surface area contributed by atoms with E-state index in [2.05, 4.69) is 62.8 Å². The van der Waals surface area contributed by atoms with Crippen LogP contribution in [-0.2, 0) is 0 Å². The van der Waals surface area contributed by atoms with Crippen LogP contribution in [-0.4, -0.2) is 23.6 Å². The molecule has 0 bridgehead atoms. The Labute approximate surface area is 98.4 Å². The SMILES string of the molecule is CC(C)N([BH2-]Sc1ccccc1)C(C)C. The first-order valence-corrected chi connectivity index (χ1v) is 7.02. The highest BCUT2D eigenvalue weighted by molar-refractivity contribution is 8.22. The molecule has 0 aliphatic heterocycles. The summed E-state index contributed by atoms with van der Waals surface area (Å²) >= 11 is 2.04. The molecule has 3 heteroatoms. The Morgan fingerprint density at radius 3 is 2.00 bits per heavy atom. The molecule has 0 heterocycles. The van der Waals surface area contributed by atoms with E-state index in [0.717, 1.165) is 0 Å². The van der Waals surface area contributed by atoms with E-state index in [1.54, 1.807) is 0 Å². The number of benzene rings is 1. The molecule has 0 aliphatic carbocycles. The Bertz CT molecular complexity index is 266. The predicted octanol–water partition coefficient (Wildman–Crippen LogP) is 2.90. The van der Waals surface area contributed by atoms with Crippen molar-refractivity contribution in [2.45, 2.75) is 44.7 Å². The molecule has 0 spiro atoms. The van der Waals surface area contributed by atoms with E-state index in [4.69, 9.17) is 0 Å². The van der Waals surface area contributed by atoms with Gasteiger partial charge in [-0.3, -0.25) is 0 Å². The molecule has 0 radical (unpaired) electrons. The molecule has 0 N–H and O–H groups in total. The Morgan fingerprint density at radius 2 is 1.53 bits per heavy atom. The number of hydrogen-bond acceptors (Lipinski definition) is 2. The van der Waals surface area contributed by atoms with Gasteiger partial charge < -0.3 is 16.4 Å². The number of rotatable bonds is 5. The van der Waals surface area contributed by atoms with Crippen molar-refractivity contribution >= 4 is 18.3 Å². The van der Waals surface area contributed by atoms with Crippen LogP contribution in [0.25, 0.3) is 0 Å². The minimum absolute atomic E-state index is 0.0893. The van der Waals surface area contributed by atoms with Gasteiger partial charge in [0.05, 0.1) is 6.69 Å². The Hall–Kier alpha value is -0.405. The summed E-state index contributed by atoms with van der Waals surface area (Å²) in [6.07, 6.45) is 0. The van der Waals surface area contributed by atoms with Crippen LogP contribution in [0, 0.1) is 0 Å². The summed E-state index contributed by atoms with van der Waals surface area (Å²) in [6, 6.07) is 12.0. The van der Waals surface area contributed by atoms with Gasteiger partial charge in [0.1, 0.15) is 0 Å². The molecule has 1 aromatic carbocycles. The van der Waals surface area contributed by atoms with Crippen LogP contribution in [0.15, 0.2) is 35.2 Å². The fraction of sp³-hybridized carbons (Fsp3) is 0.500. The van der Waals surface area contributed by atoms with Crippen molar-refractivity contribution in [1.82, 2.24) is 4.81 Å². The monoisotopic (exact) mass is 222 g/mol. The summed E-state index contributed by atoms with van der Waals surface area (Å²) < 4.78 is 0. The molecule has 0 atom stereocenters. The summed E-state index contributed by atoms with van der Waals surface area (Å²) in [4.78, 5) is 4.03. The molecule has 0 aliphatic rings. The van der Waals surface area contributed by atoms with Crippen molar-refractivity contribution in [1.29, 1.82) is 0 Å². The van der Waals surface area contributed by atoms with Gasteiger partial charge >= 0.3 is 0 Å². The van der Waals surface area contributed by atoms with Gasteiger partial charge in [-0.15, -0.1) is 0 Å². The Morgan fingerprint density at radius 1 is 1.00 bits per heavy atom. The molecule has 1 aromatic rings. The topological polar surface area (TPSA) is 3.24 Å². The third kappa shape index (κ3) is 4.31. The van der Waals surface area contributed by atoms with Crippen LogP contribution in [0.4, 0.5) is 0 Å². The van der Waals surface area contributed by atoms with Crippen LogP contribution >= 0.6 is 11.6 Å². The van der Waals surface area contributed by atoms with Gasteiger partial charge in [-0.05, 0) is 17.0 Å². The Balaban J connectivity index is 2.47. The van der Waals surface area contributed by atoms with Crippen molar-refractivity contribution < 1.29 is 0 Å². The summed E-state index contributed by atoms with van der Waals surface area (Å²) in [7, 11) is 0. The summed E-state index contributed by atoms with van der Waals surface area (Å²) in [5.74, 6) is 0. The smallest absolute Gasteiger partial charge is 0.0927 e. The standard InChI is InChI=1S/C12H21BNS/c1-10(2)14(11(3)4)13-15-12-8-6-5-7-9-12/h5-11H,13H2,1-4H3/q-1. The van der Waals surface area contributed by atoms with Crippen molar-refractivity contribution in [2.75, 3.05) is 0 Å². The molecular weight excluding hydrogens is 201 g/mol. The minimum atomic E-state index is -0.0893. The van der Waals surface area contributed by atoms with E-state index in [-0.39, 0.29) is 6.69 Å². The lowest BCUT2D eigenvalue weighted by atomic mass is 10.1. The highest BCUT2D eigenvalue weighted by Gasteiger charge is 2.06. The van der Waals surface area contributed by atoms with Gasteiger partial charge in [-0.25, -0.2) is 0 Å². The molecule has 0 unspecified atom stereocenters. The molecule has 0 fully saturated rings. The zero-order valence-electron chi connectivity index (χ0n) is 10.4. The lowest BCUT2D eigenvalue weighted by molar-refractivity contribution is 0.318. The fourth-order valence-electron chi connectivity index (χ4n) is 1.79. The van der Waals surface area contributed by atoms with Gasteiger partial charge in [0.25, 0.3) is 0 Å². The largest absolute Gasteiger partial charge is 0.466 e. The molecule has 15 heavy (non-hydrogen) atoms. The van der Waals surface area contributed by atoms with Gasteiger partial charge in [0.15, 0.2) is 0 Å². The van der Waals surface area contributed by atoms with Crippen molar-refractivity contribution in [3.63, 3.8) is 0 Å². The zero-order valence-corrected chi connectivity index (χ0v) is 11.2. The van der Waals surface area contributed by atoms with Crippen LogP contribution in [0.3, 0.4) is 0 Å². The van der Waals surface area contributed by atoms with Crippen molar-refractivity contribution in [3.05, 3.63) is 30.3 Å². The molecular formula is C12H21BNS-. The maximum absolute atomic E-state index is 2.62. The molecule has 84 valence electrons. The van der Waals surface area contributed by atoms with E-state index in [9.17, 15) is 0 Å². The molecule has 0 saturated heterocycles. The third-order valence-electron chi connectivity index (χ3n) is 2.91. The summed E-state index contributed by atoms with van der Waals surface area (Å²) in [6.45, 7) is 9.06. The van der Waals surface area contributed by atoms with Crippen LogP contribution in [0.5, 0.6) is 0 Å². The number of hydrogen-bond donors (Lipinski definition) is 0. The lowest BCUT2D eigenvalue weighted by Crippen LogP contribution is -2.38. The van der Waals surface area contributed by atoms with E-state index < -0.39 is 0 Å². The highest BCUT2D eigenvalue weighted by atomic mass is 32.2. The second-order valence-corrected chi connectivity index (χ2v) is 5.80. The van der Waals surface area contributed by atoms with Crippen molar-refractivity contribution in [2.24, 2.45) is 0 Å². The molecule has 1 nitrogen and oxygen atoms in total. The fourth-order valence-corrected chi connectivity index (χ4v) is 3.48. The molecule has 0 amide bonds. The Kier molecular flexibility index (Phi) is 5.27. The quantitative estimate of drug-likeness (QED) is 0.705. The molecule has 1 rings (SSSR count). The van der Waals surface area contributed by atoms with Gasteiger partial charge in [-0.1, -0.05) is 58.0 Å². The summed E-state index contributed by atoms with van der Waals surface area (Å²) in [5, 5.41) is 0. The first-order valence-electron chi connectivity index (χ1n) is 5.80. The minimum Gasteiger partial charge on any atom is -0.466 e. The number of nitrogens with zero attached hydrogens (tertiary/aromatic N) is 1. The van der Waals surface area contributed by atoms with E-state index in [0.29, 0.717) is 12.1 Å². The van der Waals surface area contributed by atoms with Crippen LogP contribution < -0.4 is 0 Å². The highest BCUT2D eigenvalue weighted by Crippen LogP contribution is 2.18. The van der Waals surface area contributed by atoms with Crippen LogP contribution in [0.1, 0.15) is 27.7 Å². The van der Waals surface area contributed by atoms with E-state index in [1.165, 1.54) is 4.90 Å². The first kappa shape index (κ1) is 12.7. The zero-order chi connectivity index (χ0) is 11.3. The van der Waals surface area contributed by atoms with Gasteiger partial charge in [0.2, 0.25) is 0 Å². The van der Waals surface area contributed by atoms with E-state index >= 15 is 0 Å². The first-order chi connectivity index (χ1) is 7.11. The second kappa shape index (κ2) is 6.24. The maximum atomic E-state index is 2.62. The predicted molar refractivity (Wildman–Crippen MR) is 73.0 cm³/mol. The lowest BCUT2D eigenvalue weighted by Gasteiger charge is -2.38. The average molecular weight is 222 g/mol. The normalized spacial score (nSPS) is 11.7. The van der Waals surface area contributed by atoms with Crippen LogP contribution in [0.2, 0.25) is 0 Å². The van der Waals surface area contributed by atoms with Gasteiger partial charge in [0, 0.05) is 0 Å². The molecule has 0 aromatic heterocycles. The summed E-state index contributed by atoms with van der Waals surface area (Å²) in [5.41, 5.74) is 0. The second-order valence-electron chi connectivity index (χ2n) is 4.55. The van der Waals surface area contributed by atoms with E-state index in [1.807, 2.05) is 11.6 Å². The van der Waals surface area contributed by atoms with Crippen molar-refractivity contribution in [3.8, 4) is 0 Å². The third-order valence-corrected chi connectivity index (χ3v) is 4.26.